The van der Waals surface area contributed by atoms with Crippen molar-refractivity contribution in [3.8, 4) is 0 Å². The summed E-state index contributed by atoms with van der Waals surface area (Å²) >= 11 is 0. The second-order valence-electron chi connectivity index (χ2n) is 2.31. The minimum atomic E-state index is 1.20. The summed E-state index contributed by atoms with van der Waals surface area (Å²) in [6.45, 7) is 10.2. The van der Waals surface area contributed by atoms with E-state index in [-0.39, 0.29) is 0 Å². The molecular weight excluding hydrogens is 96.1 g/mol. The van der Waals surface area contributed by atoms with Gasteiger partial charge in [0.1, 0.15) is 0 Å². The van der Waals surface area contributed by atoms with Crippen molar-refractivity contribution >= 4 is 0 Å². The van der Waals surface area contributed by atoms with Gasteiger partial charge in [0, 0.05) is 0 Å². The molecule has 0 heteroatoms. The second kappa shape index (κ2) is 3.71. The molecule has 0 saturated heterocycles. The largest absolute Gasteiger partial charge is 0.0744 e. The third-order valence-corrected chi connectivity index (χ3v) is 1.35. The first-order chi connectivity index (χ1) is 3.68. The third kappa shape index (κ3) is 2.84. The van der Waals surface area contributed by atoms with Gasteiger partial charge in [-0.3, -0.25) is 0 Å². The molecule has 0 aliphatic heterocycles. The Morgan fingerprint density at radius 3 is 2.00 bits per heavy atom. The molecule has 8 heavy (non-hydrogen) atoms. The van der Waals surface area contributed by atoms with E-state index in [9.17, 15) is 0 Å². The number of allylic oxidation sites excluding steroid dienone is 2. The summed E-state index contributed by atoms with van der Waals surface area (Å²) in [7, 11) is 0. The highest BCUT2D eigenvalue weighted by Crippen LogP contribution is 2.07. The molecule has 0 N–H and O–H groups in total. The Kier molecular flexibility index (Phi) is 3.59. The monoisotopic (exact) mass is 111 g/mol. The first-order valence-corrected chi connectivity index (χ1v) is 3.16. The summed E-state index contributed by atoms with van der Waals surface area (Å²) < 4.78 is 0. The molecule has 1 radical (unpaired) electrons. The Hall–Kier alpha value is -0.260. The normalized spacial score (nSPS) is 13.5. The maximum absolute atomic E-state index is 3.84. The van der Waals surface area contributed by atoms with Gasteiger partial charge in [0.2, 0.25) is 0 Å². The fourth-order valence-electron chi connectivity index (χ4n) is 0.588. The van der Waals surface area contributed by atoms with E-state index in [1.54, 1.807) is 0 Å². The number of rotatable bonds is 2. The van der Waals surface area contributed by atoms with Crippen molar-refractivity contribution < 1.29 is 0 Å². The van der Waals surface area contributed by atoms with Gasteiger partial charge in [0.25, 0.3) is 0 Å². The average molecular weight is 111 g/mol. The fraction of sp³-hybridized carbons (Fsp3) is 0.625. The summed E-state index contributed by atoms with van der Waals surface area (Å²) in [5.74, 6) is 0. The zero-order valence-electron chi connectivity index (χ0n) is 6.12. The van der Waals surface area contributed by atoms with Crippen LogP contribution in [0.1, 0.15) is 33.6 Å². The van der Waals surface area contributed by atoms with Gasteiger partial charge in [-0.05, 0) is 27.2 Å². The van der Waals surface area contributed by atoms with Crippen molar-refractivity contribution in [2.24, 2.45) is 0 Å². The molecule has 0 heterocycles. The molecule has 0 bridgehead atoms. The lowest BCUT2D eigenvalue weighted by Crippen LogP contribution is -1.77. The van der Waals surface area contributed by atoms with E-state index in [1.807, 2.05) is 0 Å². The molecule has 0 aliphatic rings. The molecule has 0 unspecified atom stereocenters. The van der Waals surface area contributed by atoms with Gasteiger partial charge >= 0.3 is 0 Å². The standard InChI is InChI=1S/C8H15/c1-5-6-8(4)7(2)3/h2,5-6H2,1,3-4H3/b8-7-. The zero-order chi connectivity index (χ0) is 6.57. The quantitative estimate of drug-likeness (QED) is 0.514. The first-order valence-electron chi connectivity index (χ1n) is 3.16. The van der Waals surface area contributed by atoms with Crippen molar-refractivity contribution in [3.05, 3.63) is 18.1 Å². The Morgan fingerprint density at radius 1 is 1.38 bits per heavy atom. The smallest absolute Gasteiger partial charge is 0.0283 e. The summed E-state index contributed by atoms with van der Waals surface area (Å²) in [6.07, 6.45) is 2.44. The van der Waals surface area contributed by atoms with Crippen LogP contribution in [-0.2, 0) is 0 Å². The van der Waals surface area contributed by atoms with E-state index in [4.69, 9.17) is 0 Å². The van der Waals surface area contributed by atoms with Crippen molar-refractivity contribution in [3.63, 3.8) is 0 Å². The second-order valence-corrected chi connectivity index (χ2v) is 2.31. The maximum atomic E-state index is 3.84. The van der Waals surface area contributed by atoms with Gasteiger partial charge in [-0.15, -0.1) is 0 Å². The predicted molar refractivity (Wildman–Crippen MR) is 38.6 cm³/mol. The predicted octanol–water partition coefficient (Wildman–Crippen LogP) is 2.96. The van der Waals surface area contributed by atoms with Crippen molar-refractivity contribution in [1.29, 1.82) is 0 Å². The molecule has 47 valence electrons. The summed E-state index contributed by atoms with van der Waals surface area (Å²) in [6, 6.07) is 0. The topological polar surface area (TPSA) is 0 Å². The van der Waals surface area contributed by atoms with E-state index in [1.165, 1.54) is 24.0 Å². The molecule has 0 saturated carbocycles. The summed E-state index contributed by atoms with van der Waals surface area (Å²) in [5, 5.41) is 0. The molecular formula is C8H15. The number of hydrogen-bond acceptors (Lipinski definition) is 0. The van der Waals surface area contributed by atoms with Crippen LogP contribution in [0.15, 0.2) is 11.1 Å². The van der Waals surface area contributed by atoms with Gasteiger partial charge in [-0.1, -0.05) is 24.5 Å². The molecule has 0 aliphatic carbocycles. The Labute approximate surface area is 52.6 Å². The van der Waals surface area contributed by atoms with E-state index < -0.39 is 0 Å². The molecule has 0 fully saturated rings. The SMILES string of the molecule is [CH2]/C(C)=C(\C)CCC. The fourth-order valence-corrected chi connectivity index (χ4v) is 0.588. The van der Waals surface area contributed by atoms with E-state index in [0.29, 0.717) is 0 Å². The van der Waals surface area contributed by atoms with Gasteiger partial charge in [0.05, 0.1) is 0 Å². The van der Waals surface area contributed by atoms with Crippen LogP contribution in [0.2, 0.25) is 0 Å². The minimum absolute atomic E-state index is 1.20. The minimum Gasteiger partial charge on any atom is -0.0744 e. The maximum Gasteiger partial charge on any atom is -0.0283 e. The van der Waals surface area contributed by atoms with E-state index in [0.717, 1.165) is 0 Å². The molecule has 0 rings (SSSR count). The van der Waals surface area contributed by atoms with Crippen LogP contribution in [0.25, 0.3) is 0 Å². The van der Waals surface area contributed by atoms with Crippen molar-refractivity contribution in [2.45, 2.75) is 33.6 Å². The Morgan fingerprint density at radius 2 is 1.88 bits per heavy atom. The lowest BCUT2D eigenvalue weighted by atomic mass is 10.1. The van der Waals surface area contributed by atoms with Crippen LogP contribution >= 0.6 is 0 Å². The highest BCUT2D eigenvalue weighted by atomic mass is 13.9. The molecule has 0 aromatic carbocycles. The third-order valence-electron chi connectivity index (χ3n) is 1.35. The van der Waals surface area contributed by atoms with Crippen LogP contribution in [0.3, 0.4) is 0 Å². The van der Waals surface area contributed by atoms with Gasteiger partial charge in [0.15, 0.2) is 0 Å². The van der Waals surface area contributed by atoms with Crippen LogP contribution < -0.4 is 0 Å². The molecule has 0 aromatic heterocycles. The zero-order valence-corrected chi connectivity index (χ0v) is 6.12. The molecule has 0 amide bonds. The lowest BCUT2D eigenvalue weighted by molar-refractivity contribution is 0.895. The molecule has 0 aromatic rings. The van der Waals surface area contributed by atoms with Gasteiger partial charge in [-0.2, -0.15) is 0 Å². The first kappa shape index (κ1) is 7.74. The molecule has 0 atom stereocenters. The van der Waals surface area contributed by atoms with E-state index >= 15 is 0 Å². The highest BCUT2D eigenvalue weighted by Gasteiger charge is 1.87. The van der Waals surface area contributed by atoms with Crippen LogP contribution in [-0.4, -0.2) is 0 Å². The molecule has 0 spiro atoms. The Balaban J connectivity index is 3.62. The van der Waals surface area contributed by atoms with Crippen molar-refractivity contribution in [1.82, 2.24) is 0 Å². The van der Waals surface area contributed by atoms with E-state index in [2.05, 4.69) is 27.7 Å². The van der Waals surface area contributed by atoms with Crippen LogP contribution in [0.5, 0.6) is 0 Å². The Bertz CT molecular complexity index is 84.2. The summed E-state index contributed by atoms with van der Waals surface area (Å²) in [4.78, 5) is 0. The van der Waals surface area contributed by atoms with Crippen LogP contribution in [0, 0.1) is 6.92 Å². The van der Waals surface area contributed by atoms with Gasteiger partial charge in [-0.25, -0.2) is 0 Å². The lowest BCUT2D eigenvalue weighted by Gasteiger charge is -1.98. The molecule has 0 nitrogen and oxygen atoms in total. The summed E-state index contributed by atoms with van der Waals surface area (Å²) in [5.41, 5.74) is 2.67. The van der Waals surface area contributed by atoms with Crippen LogP contribution in [0.4, 0.5) is 0 Å². The highest BCUT2D eigenvalue weighted by molar-refractivity contribution is 5.11. The van der Waals surface area contributed by atoms with Gasteiger partial charge < -0.3 is 0 Å². The van der Waals surface area contributed by atoms with Crippen molar-refractivity contribution in [2.75, 3.05) is 0 Å². The average Bonchev–Trinajstić information content (AvgIpc) is 1.67. The number of hydrogen-bond donors (Lipinski definition) is 0.